The van der Waals surface area contributed by atoms with Gasteiger partial charge in [0.25, 0.3) is 11.7 Å². The molecule has 0 aromatic carbocycles. The summed E-state index contributed by atoms with van der Waals surface area (Å²) in [4.78, 5) is 0. The van der Waals surface area contributed by atoms with Crippen LogP contribution in [0.4, 0.5) is 88.4 Å². The zero-order valence-electron chi connectivity index (χ0n) is 22.3. The highest BCUT2D eigenvalue weighted by Gasteiger charge is 2.86. The lowest BCUT2D eigenvalue weighted by Crippen LogP contribution is -2.79. The van der Waals surface area contributed by atoms with Crippen molar-refractivity contribution in [3.63, 3.8) is 0 Å². The molecule has 2 rings (SSSR count). The number of hydrogen-bond donors (Lipinski definition) is 7. The molecular weight excluding hydrogens is 732 g/mol. The van der Waals surface area contributed by atoms with Gasteiger partial charge in [-0.2, -0.15) is 35.1 Å². The Morgan fingerprint density at radius 3 is 1.21 bits per heavy atom. The van der Waals surface area contributed by atoms with Crippen LogP contribution in [0.25, 0.3) is 0 Å². The van der Waals surface area contributed by atoms with Gasteiger partial charge in [-0.3, -0.25) is 9.41 Å². The van der Waals surface area contributed by atoms with Crippen LogP contribution in [0.5, 0.6) is 0 Å². The average Bonchev–Trinajstić information content (AvgIpc) is 2.88. The predicted molar refractivity (Wildman–Crippen MR) is 110 cm³/mol. The Morgan fingerprint density at radius 2 is 0.872 bits per heavy atom. The third-order valence-electron chi connectivity index (χ3n) is 7.30. The molecule has 0 spiro atoms. The summed E-state index contributed by atoms with van der Waals surface area (Å²) >= 11 is 0. The van der Waals surface area contributed by atoms with Crippen molar-refractivity contribution in [1.82, 2.24) is 0 Å². The second-order valence-electron chi connectivity index (χ2n) is 10.6. The standard InChI is InChI=1S/C10H11F9O4.C10H11F9O3.2FH/c11-2-5(20)1-7(14,22)10(18,19)8(15,23)4(13)6(21,3-12)9(5,16)17;11-3-5(13)1-6(14,20)2-8(15,22)10(18,19)7(21,4-12)9(5,16)17;;/h4,20-23H,1-3H2;20-22H,1-4H2;2*1H. The first-order valence-electron chi connectivity index (χ1n) is 11.4. The Kier molecular flexibility index (Phi) is 13.0. The summed E-state index contributed by atoms with van der Waals surface area (Å²) in [7, 11) is 0. The quantitative estimate of drug-likeness (QED) is 0.219. The lowest BCUT2D eigenvalue weighted by Gasteiger charge is -2.51. The van der Waals surface area contributed by atoms with Gasteiger partial charge in [0.05, 0.1) is 12.8 Å². The van der Waals surface area contributed by atoms with Crippen molar-refractivity contribution in [2.75, 3.05) is 26.7 Å². The molecule has 2 saturated carbocycles. The Hall–Kier alpha value is -1.68. The van der Waals surface area contributed by atoms with E-state index in [0.717, 1.165) is 0 Å². The smallest absolute Gasteiger partial charge is 0.365 e. The van der Waals surface area contributed by atoms with Crippen molar-refractivity contribution in [3.8, 4) is 0 Å². The molecule has 9 atom stereocenters. The molecule has 2 aliphatic carbocycles. The number of hydrogen-bond acceptors (Lipinski definition) is 7. The molecule has 0 amide bonds. The third kappa shape index (κ3) is 6.29. The maximum absolute atomic E-state index is 13.9. The Labute approximate surface area is 247 Å². The molecule has 2 aliphatic rings. The van der Waals surface area contributed by atoms with Crippen molar-refractivity contribution in [2.24, 2.45) is 0 Å². The summed E-state index contributed by atoms with van der Waals surface area (Å²) in [6.07, 6.45) is -13.4. The van der Waals surface area contributed by atoms with Crippen molar-refractivity contribution < 1.29 is 124 Å². The normalized spacial score (nSPS) is 47.3. The van der Waals surface area contributed by atoms with E-state index >= 15 is 0 Å². The molecule has 0 saturated heterocycles. The largest absolute Gasteiger partial charge is 0.381 e. The zero-order valence-corrected chi connectivity index (χ0v) is 22.3. The molecule has 0 aliphatic heterocycles. The second kappa shape index (κ2) is 12.9. The highest BCUT2D eigenvalue weighted by molar-refractivity contribution is 5.20. The second-order valence-corrected chi connectivity index (χ2v) is 10.6. The van der Waals surface area contributed by atoms with Gasteiger partial charge in [0.15, 0.2) is 11.2 Å². The Balaban J connectivity index is 0. The molecule has 9 unspecified atom stereocenters. The summed E-state index contributed by atoms with van der Waals surface area (Å²) < 4.78 is 242. The molecule has 7 nitrogen and oxygen atoms in total. The Bertz CT molecular complexity index is 1080. The van der Waals surface area contributed by atoms with Gasteiger partial charge in [0, 0.05) is 6.42 Å². The summed E-state index contributed by atoms with van der Waals surface area (Å²) in [5.41, 5.74) is -20.5. The Morgan fingerprint density at radius 1 is 0.468 bits per heavy atom. The molecule has 47 heavy (non-hydrogen) atoms. The predicted octanol–water partition coefficient (Wildman–Crippen LogP) is 2.77. The maximum atomic E-state index is 13.9. The van der Waals surface area contributed by atoms with Crippen molar-refractivity contribution in [2.45, 2.75) is 95.0 Å². The van der Waals surface area contributed by atoms with Gasteiger partial charge in [-0.25, -0.2) is 43.9 Å². The van der Waals surface area contributed by atoms with Gasteiger partial charge in [0.1, 0.15) is 26.7 Å². The van der Waals surface area contributed by atoms with Crippen molar-refractivity contribution >= 4 is 0 Å². The summed E-state index contributed by atoms with van der Waals surface area (Å²) in [6, 6.07) is 0. The zero-order chi connectivity index (χ0) is 36.5. The van der Waals surface area contributed by atoms with E-state index in [1.165, 1.54) is 0 Å². The number of rotatable bonds is 4. The van der Waals surface area contributed by atoms with Gasteiger partial charge in [-0.15, -0.1) is 0 Å². The van der Waals surface area contributed by atoms with Gasteiger partial charge in [-0.05, 0) is 0 Å². The van der Waals surface area contributed by atoms with Crippen molar-refractivity contribution in [1.29, 1.82) is 0 Å². The van der Waals surface area contributed by atoms with Gasteiger partial charge < -0.3 is 35.7 Å². The van der Waals surface area contributed by atoms with Gasteiger partial charge >= 0.3 is 29.5 Å². The van der Waals surface area contributed by atoms with E-state index < -0.39 is 122 Å². The van der Waals surface area contributed by atoms with Gasteiger partial charge in [0.2, 0.25) is 23.3 Å². The van der Waals surface area contributed by atoms with Crippen LogP contribution in [0, 0.1) is 0 Å². The van der Waals surface area contributed by atoms with E-state index in [1.54, 1.807) is 0 Å². The minimum Gasteiger partial charge on any atom is -0.381 e. The highest BCUT2D eigenvalue weighted by atomic mass is 19.3. The molecule has 2 fully saturated rings. The summed E-state index contributed by atoms with van der Waals surface area (Å²) in [5.74, 6) is -45.9. The highest BCUT2D eigenvalue weighted by Crippen LogP contribution is 2.59. The van der Waals surface area contributed by atoms with E-state index in [2.05, 4.69) is 0 Å². The topological polar surface area (TPSA) is 142 Å². The van der Waals surface area contributed by atoms with Crippen LogP contribution in [-0.2, 0) is 0 Å². The molecule has 7 N–H and O–H groups in total. The molecule has 0 aromatic rings. The van der Waals surface area contributed by atoms with E-state index in [0.29, 0.717) is 0 Å². The lowest BCUT2D eigenvalue weighted by atomic mass is 9.70. The van der Waals surface area contributed by atoms with E-state index in [9.17, 15) is 89.2 Å². The van der Waals surface area contributed by atoms with Crippen LogP contribution in [0.3, 0.4) is 0 Å². The fourth-order valence-corrected chi connectivity index (χ4v) is 4.46. The molecule has 27 heteroatoms. The lowest BCUT2D eigenvalue weighted by molar-refractivity contribution is -0.428. The first-order chi connectivity index (χ1) is 19.5. The minimum absolute atomic E-state index is 0. The van der Waals surface area contributed by atoms with E-state index in [4.69, 9.17) is 25.5 Å². The third-order valence-corrected chi connectivity index (χ3v) is 7.30. The fraction of sp³-hybridized carbons (Fsp3) is 1.00. The van der Waals surface area contributed by atoms with Crippen LogP contribution in [0.1, 0.15) is 19.3 Å². The van der Waals surface area contributed by atoms with Crippen LogP contribution in [0.2, 0.25) is 0 Å². The minimum atomic E-state index is -6.29. The van der Waals surface area contributed by atoms with Crippen LogP contribution < -0.4 is 0 Å². The van der Waals surface area contributed by atoms with E-state index in [1.807, 2.05) is 0 Å². The van der Waals surface area contributed by atoms with Crippen LogP contribution in [-0.4, -0.2) is 138 Å². The molecule has 0 heterocycles. The molecule has 286 valence electrons. The molecular formula is C20H24F20O7. The summed E-state index contributed by atoms with van der Waals surface area (Å²) in [6.45, 7) is -12.0. The SMILES string of the molecule is F.F.OC1(F)CC(O)(CF)C(F)(F)C(O)(CF)C(F)C(O)(F)C1(F)F.OC1(F)CC(O)(F)C(F)(F)C(O)(CF)C(F)(F)C(F)(CF)C1. The average molecular weight is 756 g/mol. The summed E-state index contributed by atoms with van der Waals surface area (Å²) in [5, 5.41) is 62.8. The molecule has 0 bridgehead atoms. The number of halogens is 20. The van der Waals surface area contributed by atoms with Crippen molar-refractivity contribution in [3.05, 3.63) is 0 Å². The maximum Gasteiger partial charge on any atom is 0.365 e. The van der Waals surface area contributed by atoms with Gasteiger partial charge in [-0.1, -0.05) is 0 Å². The first kappa shape index (κ1) is 47.4. The number of alkyl halides is 18. The monoisotopic (exact) mass is 756 g/mol. The first-order valence-corrected chi connectivity index (χ1v) is 11.4. The number of aliphatic hydroxyl groups is 7. The van der Waals surface area contributed by atoms with Crippen LogP contribution in [0.15, 0.2) is 0 Å². The fourth-order valence-electron chi connectivity index (χ4n) is 4.46. The van der Waals surface area contributed by atoms with Crippen LogP contribution >= 0.6 is 0 Å². The van der Waals surface area contributed by atoms with E-state index in [-0.39, 0.29) is 9.41 Å². The molecule has 0 aromatic heterocycles. The molecule has 0 radical (unpaired) electrons.